The lowest BCUT2D eigenvalue weighted by atomic mass is 9.99. The molecule has 1 saturated heterocycles. The van der Waals surface area contributed by atoms with Gasteiger partial charge in [-0.1, -0.05) is 12.1 Å². The van der Waals surface area contributed by atoms with Crippen molar-refractivity contribution in [3.63, 3.8) is 0 Å². The van der Waals surface area contributed by atoms with Gasteiger partial charge in [-0.15, -0.1) is 0 Å². The number of pyridine rings is 1. The fourth-order valence-corrected chi connectivity index (χ4v) is 5.60. The molecule has 1 aromatic heterocycles. The number of hydrogen-bond donors (Lipinski definition) is 1. The van der Waals surface area contributed by atoms with E-state index in [0.29, 0.717) is 25.9 Å². The molecule has 146 valence electrons. The Kier molecular flexibility index (Phi) is 5.89. The summed E-state index contributed by atoms with van der Waals surface area (Å²) < 4.78 is 67.1. The average molecular weight is 413 g/mol. The van der Waals surface area contributed by atoms with Gasteiger partial charge >= 0.3 is 0 Å². The van der Waals surface area contributed by atoms with Gasteiger partial charge in [0.25, 0.3) is 0 Å². The van der Waals surface area contributed by atoms with Crippen LogP contribution in [0.25, 0.3) is 0 Å². The number of aromatic nitrogens is 1. The SMILES string of the molecule is O=S(=O)(NCC1CCN(S(=O)(=O)c2cccnc2)CC1)c1ccccc1F. The summed E-state index contributed by atoms with van der Waals surface area (Å²) in [5, 5.41) is 0. The van der Waals surface area contributed by atoms with E-state index in [1.54, 1.807) is 6.07 Å². The third kappa shape index (κ3) is 4.52. The lowest BCUT2D eigenvalue weighted by molar-refractivity contribution is 0.274. The van der Waals surface area contributed by atoms with Gasteiger partial charge in [-0.2, -0.15) is 4.31 Å². The predicted molar refractivity (Wildman–Crippen MR) is 97.3 cm³/mol. The summed E-state index contributed by atoms with van der Waals surface area (Å²) in [6.45, 7) is 0.726. The van der Waals surface area contributed by atoms with Crippen molar-refractivity contribution in [1.29, 1.82) is 0 Å². The second-order valence-electron chi connectivity index (χ2n) is 6.32. The largest absolute Gasteiger partial charge is 0.263 e. The zero-order chi connectivity index (χ0) is 19.5. The molecule has 0 bridgehead atoms. The van der Waals surface area contributed by atoms with Crippen LogP contribution in [0.2, 0.25) is 0 Å². The monoisotopic (exact) mass is 413 g/mol. The molecule has 27 heavy (non-hydrogen) atoms. The highest BCUT2D eigenvalue weighted by Crippen LogP contribution is 2.23. The molecule has 1 aliphatic rings. The first-order valence-electron chi connectivity index (χ1n) is 8.45. The average Bonchev–Trinajstić information content (AvgIpc) is 2.68. The van der Waals surface area contributed by atoms with Gasteiger partial charge in [0.1, 0.15) is 15.6 Å². The van der Waals surface area contributed by atoms with Crippen LogP contribution >= 0.6 is 0 Å². The quantitative estimate of drug-likeness (QED) is 0.776. The molecule has 2 aromatic rings. The van der Waals surface area contributed by atoms with E-state index in [4.69, 9.17) is 0 Å². The number of halogens is 1. The molecule has 0 atom stereocenters. The fourth-order valence-electron chi connectivity index (χ4n) is 2.97. The van der Waals surface area contributed by atoms with Crippen LogP contribution in [0, 0.1) is 11.7 Å². The number of piperidine rings is 1. The molecule has 0 unspecified atom stereocenters. The van der Waals surface area contributed by atoms with Gasteiger partial charge in [-0.25, -0.2) is 25.9 Å². The highest BCUT2D eigenvalue weighted by atomic mass is 32.2. The molecule has 1 aromatic carbocycles. The van der Waals surface area contributed by atoms with Crippen molar-refractivity contribution in [2.45, 2.75) is 22.6 Å². The summed E-state index contributed by atoms with van der Waals surface area (Å²) in [6.07, 6.45) is 3.84. The first-order valence-corrected chi connectivity index (χ1v) is 11.4. The summed E-state index contributed by atoms with van der Waals surface area (Å²) in [7, 11) is -7.54. The van der Waals surface area contributed by atoms with Gasteiger partial charge < -0.3 is 0 Å². The van der Waals surface area contributed by atoms with Crippen molar-refractivity contribution in [2.75, 3.05) is 19.6 Å². The second-order valence-corrected chi connectivity index (χ2v) is 9.99. The van der Waals surface area contributed by atoms with E-state index in [9.17, 15) is 21.2 Å². The van der Waals surface area contributed by atoms with E-state index in [1.807, 2.05) is 0 Å². The van der Waals surface area contributed by atoms with E-state index in [0.717, 1.165) is 6.07 Å². The Balaban J connectivity index is 1.58. The summed E-state index contributed by atoms with van der Waals surface area (Å²) in [6, 6.07) is 8.25. The fraction of sp³-hybridized carbons (Fsp3) is 0.353. The molecule has 10 heteroatoms. The van der Waals surface area contributed by atoms with E-state index in [-0.39, 0.29) is 22.3 Å². The van der Waals surface area contributed by atoms with Crippen molar-refractivity contribution >= 4 is 20.0 Å². The first kappa shape index (κ1) is 19.9. The molecule has 7 nitrogen and oxygen atoms in total. The van der Waals surface area contributed by atoms with Gasteiger partial charge in [-0.3, -0.25) is 4.98 Å². The summed E-state index contributed by atoms with van der Waals surface area (Å²) >= 11 is 0. The van der Waals surface area contributed by atoms with Crippen LogP contribution in [0.5, 0.6) is 0 Å². The topological polar surface area (TPSA) is 96.4 Å². The molecule has 0 saturated carbocycles. The summed E-state index contributed by atoms with van der Waals surface area (Å²) in [5.74, 6) is -0.825. The Morgan fingerprint density at radius 1 is 1.07 bits per heavy atom. The van der Waals surface area contributed by atoms with Gasteiger partial charge in [0.05, 0.1) is 0 Å². The third-order valence-electron chi connectivity index (χ3n) is 4.53. The molecule has 0 spiro atoms. The Morgan fingerprint density at radius 3 is 2.41 bits per heavy atom. The van der Waals surface area contributed by atoms with E-state index in [2.05, 4.69) is 9.71 Å². The second kappa shape index (κ2) is 8.01. The lowest BCUT2D eigenvalue weighted by Crippen LogP contribution is -2.41. The minimum absolute atomic E-state index is 0.0214. The maximum absolute atomic E-state index is 13.7. The molecule has 1 aliphatic heterocycles. The van der Waals surface area contributed by atoms with Crippen LogP contribution < -0.4 is 4.72 Å². The summed E-state index contributed by atoms with van der Waals surface area (Å²) in [5.41, 5.74) is 0. The van der Waals surface area contributed by atoms with Gasteiger partial charge in [-0.05, 0) is 43.0 Å². The number of benzene rings is 1. The number of hydrogen-bond acceptors (Lipinski definition) is 5. The van der Waals surface area contributed by atoms with Gasteiger partial charge in [0.15, 0.2) is 0 Å². The van der Waals surface area contributed by atoms with E-state index >= 15 is 0 Å². The van der Waals surface area contributed by atoms with Gasteiger partial charge in [0, 0.05) is 32.0 Å². The molecule has 1 fully saturated rings. The third-order valence-corrected chi connectivity index (χ3v) is 7.87. The van der Waals surface area contributed by atoms with Crippen molar-refractivity contribution in [2.24, 2.45) is 5.92 Å². The molecule has 0 amide bonds. The smallest absolute Gasteiger partial charge is 0.244 e. The minimum Gasteiger partial charge on any atom is -0.263 e. The van der Waals surface area contributed by atoms with Crippen LogP contribution in [0.15, 0.2) is 58.6 Å². The van der Waals surface area contributed by atoms with Gasteiger partial charge in [0.2, 0.25) is 20.0 Å². The normalized spacial score (nSPS) is 17.1. The predicted octanol–water partition coefficient (Wildman–Crippen LogP) is 1.60. The van der Waals surface area contributed by atoms with Crippen molar-refractivity contribution in [1.82, 2.24) is 14.0 Å². The molecular formula is C17H20FN3O4S2. The van der Waals surface area contributed by atoms with E-state index in [1.165, 1.54) is 41.0 Å². The van der Waals surface area contributed by atoms with Crippen LogP contribution in [-0.4, -0.2) is 45.8 Å². The van der Waals surface area contributed by atoms with Crippen LogP contribution in [0.3, 0.4) is 0 Å². The Bertz CT molecular complexity index is 990. The number of nitrogens with zero attached hydrogens (tertiary/aromatic N) is 2. The molecule has 1 N–H and O–H groups in total. The Morgan fingerprint density at radius 2 is 1.78 bits per heavy atom. The number of nitrogens with one attached hydrogen (secondary N) is 1. The van der Waals surface area contributed by atoms with Crippen molar-refractivity contribution in [3.8, 4) is 0 Å². The number of sulfonamides is 2. The minimum atomic E-state index is -3.94. The Labute approximate surface area is 158 Å². The molecule has 0 radical (unpaired) electrons. The van der Waals surface area contributed by atoms with Crippen molar-refractivity contribution in [3.05, 3.63) is 54.6 Å². The molecule has 0 aliphatic carbocycles. The zero-order valence-electron chi connectivity index (χ0n) is 14.5. The molecular weight excluding hydrogens is 393 g/mol. The molecule has 2 heterocycles. The lowest BCUT2D eigenvalue weighted by Gasteiger charge is -2.31. The van der Waals surface area contributed by atoms with Crippen LogP contribution in [0.4, 0.5) is 4.39 Å². The van der Waals surface area contributed by atoms with Crippen LogP contribution in [0.1, 0.15) is 12.8 Å². The Hall–Kier alpha value is -1.88. The highest BCUT2D eigenvalue weighted by Gasteiger charge is 2.30. The van der Waals surface area contributed by atoms with E-state index < -0.39 is 25.9 Å². The highest BCUT2D eigenvalue weighted by molar-refractivity contribution is 7.89. The standard InChI is InChI=1S/C17H20FN3O4S2/c18-16-5-1-2-6-17(16)26(22,23)20-12-14-7-10-21(11-8-14)27(24,25)15-4-3-9-19-13-15/h1-6,9,13-14,20H,7-8,10-12H2. The molecule has 3 rings (SSSR count). The summed E-state index contributed by atoms with van der Waals surface area (Å²) in [4.78, 5) is 3.59. The maximum Gasteiger partial charge on any atom is 0.244 e. The maximum atomic E-state index is 13.7. The zero-order valence-corrected chi connectivity index (χ0v) is 16.1. The number of rotatable bonds is 6. The van der Waals surface area contributed by atoms with Crippen molar-refractivity contribution < 1.29 is 21.2 Å². The first-order chi connectivity index (χ1) is 12.8. The van der Waals surface area contributed by atoms with Crippen LogP contribution in [-0.2, 0) is 20.0 Å².